The number of nitrogens with zero attached hydrogens (tertiary/aromatic N) is 1. The van der Waals surface area contributed by atoms with E-state index >= 15 is 0 Å². The minimum atomic E-state index is -1.17. The van der Waals surface area contributed by atoms with Crippen molar-refractivity contribution in [1.29, 1.82) is 0 Å². The van der Waals surface area contributed by atoms with Gasteiger partial charge in [0.25, 0.3) is 0 Å². The first kappa shape index (κ1) is 18.5. The van der Waals surface area contributed by atoms with Crippen molar-refractivity contribution in [2.45, 2.75) is 44.3 Å². The van der Waals surface area contributed by atoms with Crippen molar-refractivity contribution in [3.8, 4) is 0 Å². The zero-order valence-corrected chi connectivity index (χ0v) is 16.9. The Morgan fingerprint density at radius 1 is 1.15 bits per heavy atom. The molecule has 3 aliphatic heterocycles. The Kier molecular flexibility index (Phi) is 4.16. The normalized spacial score (nSPS) is 32.2. The van der Waals surface area contributed by atoms with Crippen LogP contribution in [0.4, 0.5) is 5.69 Å². The molecule has 2 N–H and O–H groups in total. The van der Waals surface area contributed by atoms with E-state index in [2.05, 4.69) is 10.6 Å². The van der Waals surface area contributed by atoms with Gasteiger partial charge in [0.1, 0.15) is 5.54 Å². The second-order valence-electron chi connectivity index (χ2n) is 8.53. The molecule has 3 amide bonds. The number of imide groups is 1. The van der Waals surface area contributed by atoms with E-state index in [1.165, 1.54) is 4.90 Å². The van der Waals surface area contributed by atoms with Crippen LogP contribution >= 0.6 is 11.8 Å². The SMILES string of the molecule is CSCC[C@@H]1N[C@@]2(C(=O)Nc3ccccc32)[C@@H]2C(=O)N(C(C)(C)C)C(=O)[C@H]12. The fourth-order valence-corrected chi connectivity index (χ4v) is 5.40. The van der Waals surface area contributed by atoms with Gasteiger partial charge in [0.15, 0.2) is 0 Å². The molecule has 3 heterocycles. The highest BCUT2D eigenvalue weighted by Crippen LogP contribution is 2.54. The van der Waals surface area contributed by atoms with E-state index in [0.29, 0.717) is 5.69 Å². The van der Waals surface area contributed by atoms with Crippen LogP contribution in [0.15, 0.2) is 24.3 Å². The lowest BCUT2D eigenvalue weighted by molar-refractivity contribution is -0.147. The van der Waals surface area contributed by atoms with E-state index in [0.717, 1.165) is 17.7 Å². The maximum atomic E-state index is 13.5. The number of hydrogen-bond donors (Lipinski definition) is 2. The number of fused-ring (bicyclic) bond motifs is 4. The van der Waals surface area contributed by atoms with Crippen LogP contribution in [0, 0.1) is 11.8 Å². The van der Waals surface area contributed by atoms with Gasteiger partial charge < -0.3 is 5.32 Å². The molecular formula is C20H25N3O3S. The van der Waals surface area contributed by atoms with E-state index in [4.69, 9.17) is 0 Å². The first-order chi connectivity index (χ1) is 12.7. The number of hydrogen-bond acceptors (Lipinski definition) is 5. The molecule has 1 spiro atoms. The third-order valence-corrected chi connectivity index (χ3v) is 6.57. The van der Waals surface area contributed by atoms with Gasteiger partial charge in [-0.15, -0.1) is 0 Å². The maximum absolute atomic E-state index is 13.5. The number of para-hydroxylation sites is 1. The summed E-state index contributed by atoms with van der Waals surface area (Å²) in [5, 5.41) is 6.37. The fourth-order valence-electron chi connectivity index (χ4n) is 4.91. The number of carbonyl (C=O) groups is 3. The first-order valence-corrected chi connectivity index (χ1v) is 10.7. The summed E-state index contributed by atoms with van der Waals surface area (Å²) in [6.07, 6.45) is 2.75. The number of amides is 3. The number of thioether (sulfide) groups is 1. The highest BCUT2D eigenvalue weighted by atomic mass is 32.2. The summed E-state index contributed by atoms with van der Waals surface area (Å²) < 4.78 is 0. The first-order valence-electron chi connectivity index (χ1n) is 9.29. The molecule has 6 nitrogen and oxygen atoms in total. The molecule has 1 aromatic rings. The molecule has 0 aliphatic carbocycles. The molecule has 1 aromatic carbocycles. The molecule has 0 bridgehead atoms. The second kappa shape index (κ2) is 6.07. The molecule has 4 rings (SSSR count). The molecule has 0 saturated carbocycles. The van der Waals surface area contributed by atoms with Gasteiger partial charge in [-0.05, 0) is 45.3 Å². The van der Waals surface area contributed by atoms with Crippen LogP contribution in [0.3, 0.4) is 0 Å². The standard InChI is InChI=1S/C20H25N3O3S/c1-19(2,3)23-16(24)14-13(9-10-27-4)22-20(15(14)17(23)25)11-7-5-6-8-12(11)21-18(20)26/h5-8,13-15,22H,9-10H2,1-4H3,(H,21,26)/t13-,14+,15-,20+/m0/s1. The Morgan fingerprint density at radius 3 is 2.52 bits per heavy atom. The van der Waals surface area contributed by atoms with Gasteiger partial charge in [0, 0.05) is 22.8 Å². The van der Waals surface area contributed by atoms with Crippen LogP contribution in [0.25, 0.3) is 0 Å². The van der Waals surface area contributed by atoms with E-state index < -0.39 is 22.9 Å². The Balaban J connectivity index is 1.87. The van der Waals surface area contributed by atoms with Gasteiger partial charge in [-0.2, -0.15) is 11.8 Å². The van der Waals surface area contributed by atoms with Crippen molar-refractivity contribution in [2.75, 3.05) is 17.3 Å². The zero-order valence-electron chi connectivity index (χ0n) is 16.0. The van der Waals surface area contributed by atoms with Crippen LogP contribution in [0.1, 0.15) is 32.8 Å². The average molecular weight is 388 g/mol. The Bertz CT molecular complexity index is 834. The number of rotatable bonds is 3. The summed E-state index contributed by atoms with van der Waals surface area (Å²) in [5.74, 6) is -1.01. The quantitative estimate of drug-likeness (QED) is 0.775. The zero-order chi connectivity index (χ0) is 19.6. The number of likely N-dealkylation sites (tertiary alicyclic amines) is 1. The lowest BCUT2D eigenvalue weighted by atomic mass is 9.76. The molecular weight excluding hydrogens is 362 g/mol. The molecule has 7 heteroatoms. The molecule has 144 valence electrons. The molecule has 27 heavy (non-hydrogen) atoms. The fraction of sp³-hybridized carbons (Fsp3) is 0.550. The van der Waals surface area contributed by atoms with Gasteiger partial charge >= 0.3 is 0 Å². The largest absolute Gasteiger partial charge is 0.324 e. The van der Waals surface area contributed by atoms with E-state index in [1.54, 1.807) is 11.8 Å². The Labute approximate surface area is 163 Å². The minimum absolute atomic E-state index is 0.162. The summed E-state index contributed by atoms with van der Waals surface area (Å²) >= 11 is 1.70. The van der Waals surface area contributed by atoms with Crippen LogP contribution in [0.2, 0.25) is 0 Å². The van der Waals surface area contributed by atoms with Crippen molar-refractivity contribution in [3.63, 3.8) is 0 Å². The predicted octanol–water partition coefficient (Wildman–Crippen LogP) is 1.96. The number of nitrogens with one attached hydrogen (secondary N) is 2. The number of benzene rings is 1. The molecule has 2 saturated heterocycles. The third kappa shape index (κ3) is 2.41. The van der Waals surface area contributed by atoms with E-state index in [1.807, 2.05) is 51.3 Å². The van der Waals surface area contributed by atoms with Crippen molar-refractivity contribution in [2.24, 2.45) is 11.8 Å². The molecule has 0 unspecified atom stereocenters. The molecule has 0 aromatic heterocycles. The van der Waals surface area contributed by atoms with Gasteiger partial charge in [-0.25, -0.2) is 0 Å². The number of anilines is 1. The Hall–Kier alpha value is -1.86. The molecule has 0 radical (unpaired) electrons. The summed E-state index contributed by atoms with van der Waals surface area (Å²) in [4.78, 5) is 41.3. The second-order valence-corrected chi connectivity index (χ2v) is 9.51. The molecule has 3 aliphatic rings. The average Bonchev–Trinajstić information content (AvgIpc) is 3.17. The summed E-state index contributed by atoms with van der Waals surface area (Å²) in [5.41, 5.74) is -0.294. The van der Waals surface area contributed by atoms with Gasteiger partial charge in [-0.1, -0.05) is 18.2 Å². The van der Waals surface area contributed by atoms with Gasteiger partial charge in [0.2, 0.25) is 17.7 Å². The Morgan fingerprint density at radius 2 is 1.85 bits per heavy atom. The topological polar surface area (TPSA) is 78.5 Å². The summed E-state index contributed by atoms with van der Waals surface area (Å²) in [6.45, 7) is 5.59. The van der Waals surface area contributed by atoms with E-state index in [9.17, 15) is 14.4 Å². The summed E-state index contributed by atoms with van der Waals surface area (Å²) in [6, 6.07) is 7.25. The van der Waals surface area contributed by atoms with Crippen LogP contribution < -0.4 is 10.6 Å². The lowest BCUT2D eigenvalue weighted by Crippen LogP contribution is -2.55. The monoisotopic (exact) mass is 387 g/mol. The highest BCUT2D eigenvalue weighted by molar-refractivity contribution is 7.98. The predicted molar refractivity (Wildman–Crippen MR) is 105 cm³/mol. The van der Waals surface area contributed by atoms with Crippen molar-refractivity contribution < 1.29 is 14.4 Å². The van der Waals surface area contributed by atoms with Crippen molar-refractivity contribution in [1.82, 2.24) is 10.2 Å². The number of carbonyl (C=O) groups excluding carboxylic acids is 3. The minimum Gasteiger partial charge on any atom is -0.324 e. The maximum Gasteiger partial charge on any atom is 0.250 e. The van der Waals surface area contributed by atoms with E-state index in [-0.39, 0.29) is 23.8 Å². The third-order valence-electron chi connectivity index (χ3n) is 5.93. The van der Waals surface area contributed by atoms with Crippen LogP contribution in [0.5, 0.6) is 0 Å². The van der Waals surface area contributed by atoms with Gasteiger partial charge in [0.05, 0.1) is 11.8 Å². The van der Waals surface area contributed by atoms with Crippen molar-refractivity contribution >= 4 is 35.2 Å². The van der Waals surface area contributed by atoms with Gasteiger partial charge in [-0.3, -0.25) is 24.6 Å². The smallest absolute Gasteiger partial charge is 0.250 e. The molecule has 4 atom stereocenters. The highest BCUT2D eigenvalue weighted by Gasteiger charge is 2.71. The van der Waals surface area contributed by atoms with Crippen LogP contribution in [-0.4, -0.2) is 46.2 Å². The lowest BCUT2D eigenvalue weighted by Gasteiger charge is -2.34. The van der Waals surface area contributed by atoms with Crippen LogP contribution in [-0.2, 0) is 19.9 Å². The molecule has 2 fully saturated rings. The van der Waals surface area contributed by atoms with Crippen molar-refractivity contribution in [3.05, 3.63) is 29.8 Å². The summed E-state index contributed by atoms with van der Waals surface area (Å²) in [7, 11) is 0.